The number of hydrogen-bond acceptors (Lipinski definition) is 6. The van der Waals surface area contributed by atoms with E-state index in [-0.39, 0.29) is 17.4 Å². The highest BCUT2D eigenvalue weighted by molar-refractivity contribution is 5.81. The molecule has 2 aromatic carbocycles. The number of halogens is 1. The van der Waals surface area contributed by atoms with Crippen molar-refractivity contribution >= 4 is 29.0 Å². The first-order chi connectivity index (χ1) is 19.2. The molecule has 3 heterocycles. The first-order valence-electron chi connectivity index (χ1n) is 13.8. The van der Waals surface area contributed by atoms with E-state index in [4.69, 9.17) is 4.98 Å². The predicted molar refractivity (Wildman–Crippen MR) is 153 cm³/mol. The average molecular weight is 544 g/mol. The molecular formula is C30H34FN7O2. The zero-order valence-electron chi connectivity index (χ0n) is 23.0. The number of carbonyl (C=O) groups excluding carboxylic acids is 1. The van der Waals surface area contributed by atoms with E-state index in [1.807, 2.05) is 49.2 Å². The second-order valence-electron chi connectivity index (χ2n) is 11.3. The van der Waals surface area contributed by atoms with Gasteiger partial charge in [-0.15, -0.1) is 0 Å². The smallest absolute Gasteiger partial charge is 0.331 e. The number of nitrogens with zero attached hydrogens (tertiary/aromatic N) is 6. The summed E-state index contributed by atoms with van der Waals surface area (Å²) in [4.78, 5) is 39.6. The van der Waals surface area contributed by atoms with Crippen LogP contribution in [0.4, 0.5) is 21.1 Å². The van der Waals surface area contributed by atoms with Crippen LogP contribution in [0, 0.1) is 11.7 Å². The number of benzene rings is 2. The Bertz CT molecular complexity index is 1610. The third-order valence-corrected chi connectivity index (χ3v) is 8.58. The van der Waals surface area contributed by atoms with Gasteiger partial charge in [0.15, 0.2) is 0 Å². The maximum atomic E-state index is 13.5. The van der Waals surface area contributed by atoms with Gasteiger partial charge >= 0.3 is 6.03 Å². The fraction of sp³-hybridized carbons (Fsp3) is 0.400. The maximum Gasteiger partial charge on any atom is 0.331 e. The van der Waals surface area contributed by atoms with Crippen LogP contribution in [0.2, 0.25) is 0 Å². The van der Waals surface area contributed by atoms with Crippen molar-refractivity contribution in [3.63, 3.8) is 0 Å². The van der Waals surface area contributed by atoms with Gasteiger partial charge < -0.3 is 19.7 Å². The molecule has 2 aliphatic rings. The van der Waals surface area contributed by atoms with Crippen LogP contribution in [0.5, 0.6) is 0 Å². The summed E-state index contributed by atoms with van der Waals surface area (Å²) < 4.78 is 16.9. The number of anilines is 2. The number of hydrogen-bond donors (Lipinski definition) is 1. The average Bonchev–Trinajstić information content (AvgIpc) is 3.38. The second kappa shape index (κ2) is 10.1. The van der Waals surface area contributed by atoms with Crippen molar-refractivity contribution in [3.05, 3.63) is 82.5 Å². The highest BCUT2D eigenvalue weighted by atomic mass is 19.1. The molecular weight excluding hydrogens is 509 g/mol. The fourth-order valence-electron chi connectivity index (χ4n) is 5.74. The summed E-state index contributed by atoms with van der Waals surface area (Å²) in [6.45, 7) is 6.17. The van der Waals surface area contributed by atoms with Gasteiger partial charge in [0, 0.05) is 44.0 Å². The molecule has 0 radical (unpaired) electrons. The summed E-state index contributed by atoms with van der Waals surface area (Å²) in [5, 5.41) is 3.02. The minimum absolute atomic E-state index is 0.0926. The lowest BCUT2D eigenvalue weighted by Crippen LogP contribution is -2.49. The van der Waals surface area contributed by atoms with Crippen LogP contribution in [0.3, 0.4) is 0 Å². The van der Waals surface area contributed by atoms with Gasteiger partial charge in [-0.25, -0.2) is 19.2 Å². The maximum absolute atomic E-state index is 13.5. The molecule has 1 N–H and O–H groups in total. The van der Waals surface area contributed by atoms with Crippen molar-refractivity contribution in [2.24, 2.45) is 5.92 Å². The Morgan fingerprint density at radius 2 is 1.82 bits per heavy atom. The molecule has 1 saturated carbocycles. The lowest BCUT2D eigenvalue weighted by atomic mass is 10.0. The minimum atomic E-state index is -0.432. The lowest BCUT2D eigenvalue weighted by Gasteiger charge is -2.38. The molecule has 40 heavy (non-hydrogen) atoms. The zero-order valence-corrected chi connectivity index (χ0v) is 23.0. The Labute approximate surface area is 232 Å². The Morgan fingerprint density at radius 3 is 2.52 bits per heavy atom. The quantitative estimate of drug-likeness (QED) is 0.391. The third-order valence-electron chi connectivity index (χ3n) is 8.58. The van der Waals surface area contributed by atoms with Crippen molar-refractivity contribution < 1.29 is 9.18 Å². The summed E-state index contributed by atoms with van der Waals surface area (Å²) >= 11 is 0. The molecule has 6 rings (SSSR count). The van der Waals surface area contributed by atoms with Gasteiger partial charge in [0.05, 0.1) is 17.6 Å². The molecule has 208 valence electrons. The molecule has 1 saturated heterocycles. The second-order valence-corrected chi connectivity index (χ2v) is 11.3. The molecule has 2 atom stereocenters. The van der Waals surface area contributed by atoms with Crippen LogP contribution in [0.1, 0.15) is 38.7 Å². The first-order valence-corrected chi connectivity index (χ1v) is 13.8. The standard InChI is InChI=1S/C30H34FN7O2/c1-20-18-30(20,2)34-29(40)38-26(39)12-15-32-27(38)35(3)23-13-16-36(17-14-23)28-33-24-6-4-5-7-25(24)37(28)19-21-8-10-22(31)11-9-21/h4-12,15,20,23H,13-14,16-19H2,1-3H3,(H,34,40). The largest absolute Gasteiger partial charge is 0.342 e. The highest BCUT2D eigenvalue weighted by Crippen LogP contribution is 2.42. The fourth-order valence-corrected chi connectivity index (χ4v) is 5.74. The van der Waals surface area contributed by atoms with Gasteiger partial charge in [0.1, 0.15) is 5.82 Å². The monoisotopic (exact) mass is 543 g/mol. The van der Waals surface area contributed by atoms with E-state index in [1.165, 1.54) is 24.4 Å². The van der Waals surface area contributed by atoms with Gasteiger partial charge in [0.2, 0.25) is 11.9 Å². The van der Waals surface area contributed by atoms with Crippen LogP contribution in [0.15, 0.2) is 65.6 Å². The Kier molecular flexibility index (Phi) is 6.56. The zero-order chi connectivity index (χ0) is 28.0. The van der Waals surface area contributed by atoms with Crippen molar-refractivity contribution in [3.8, 4) is 0 Å². The lowest BCUT2D eigenvalue weighted by molar-refractivity contribution is 0.236. The van der Waals surface area contributed by atoms with Crippen LogP contribution >= 0.6 is 0 Å². The summed E-state index contributed by atoms with van der Waals surface area (Å²) in [5.41, 5.74) is 2.27. The summed E-state index contributed by atoms with van der Waals surface area (Å²) in [5.74, 6) is 1.36. The third kappa shape index (κ3) is 4.82. The topological polar surface area (TPSA) is 88.3 Å². The molecule has 9 nitrogen and oxygen atoms in total. The number of amides is 1. The molecule has 2 fully saturated rings. The normalized spacial score (nSPS) is 21.0. The van der Waals surface area contributed by atoms with Gasteiger partial charge in [-0.2, -0.15) is 4.57 Å². The molecule has 1 aliphatic heterocycles. The van der Waals surface area contributed by atoms with Crippen molar-refractivity contribution in [1.82, 2.24) is 24.4 Å². The predicted octanol–water partition coefficient (Wildman–Crippen LogP) is 4.24. The van der Waals surface area contributed by atoms with Crippen LogP contribution < -0.4 is 20.7 Å². The van der Waals surface area contributed by atoms with E-state index < -0.39 is 11.6 Å². The number of piperidine rings is 1. The van der Waals surface area contributed by atoms with Gasteiger partial charge in [0.25, 0.3) is 5.56 Å². The van der Waals surface area contributed by atoms with E-state index in [2.05, 4.69) is 32.8 Å². The Morgan fingerprint density at radius 1 is 1.12 bits per heavy atom. The minimum Gasteiger partial charge on any atom is -0.342 e. The van der Waals surface area contributed by atoms with Gasteiger partial charge in [-0.3, -0.25) is 4.79 Å². The molecule has 1 amide bonds. The van der Waals surface area contributed by atoms with Crippen molar-refractivity contribution in [1.29, 1.82) is 0 Å². The summed E-state index contributed by atoms with van der Waals surface area (Å²) in [6, 6.07) is 15.6. The molecule has 1 aliphatic carbocycles. The number of imidazole rings is 1. The number of carbonyl (C=O) groups is 1. The Balaban J connectivity index is 1.21. The number of rotatable bonds is 6. The molecule has 0 bridgehead atoms. The van der Waals surface area contributed by atoms with E-state index in [0.29, 0.717) is 18.4 Å². The number of aromatic nitrogens is 4. The number of fused-ring (bicyclic) bond motifs is 1. The Hall–Kier alpha value is -4.21. The van der Waals surface area contributed by atoms with E-state index in [0.717, 1.165) is 59.5 Å². The molecule has 2 unspecified atom stereocenters. The van der Waals surface area contributed by atoms with Crippen molar-refractivity contribution in [2.75, 3.05) is 29.9 Å². The number of para-hydroxylation sites is 2. The van der Waals surface area contributed by atoms with E-state index >= 15 is 0 Å². The van der Waals surface area contributed by atoms with E-state index in [9.17, 15) is 14.0 Å². The molecule has 0 spiro atoms. The SMILES string of the molecule is CC1CC1(C)NC(=O)n1c(N(C)C2CCN(c3nc4ccccc4n3Cc3ccc(F)cc3)CC2)nccc1=O. The van der Waals surface area contributed by atoms with Gasteiger partial charge in [-0.05, 0) is 61.9 Å². The summed E-state index contributed by atoms with van der Waals surface area (Å²) in [6.07, 6.45) is 3.96. The molecule has 4 aromatic rings. The highest BCUT2D eigenvalue weighted by Gasteiger charge is 2.48. The van der Waals surface area contributed by atoms with E-state index in [1.54, 1.807) is 0 Å². The first kappa shape index (κ1) is 26.0. The van der Waals surface area contributed by atoms with Crippen LogP contribution in [0.25, 0.3) is 11.0 Å². The molecule has 10 heteroatoms. The van der Waals surface area contributed by atoms with Crippen molar-refractivity contribution in [2.45, 2.75) is 51.2 Å². The summed E-state index contributed by atoms with van der Waals surface area (Å²) in [7, 11) is 1.90. The van der Waals surface area contributed by atoms with Gasteiger partial charge in [-0.1, -0.05) is 31.2 Å². The van der Waals surface area contributed by atoms with Crippen LogP contribution in [-0.4, -0.2) is 56.9 Å². The number of nitrogens with one attached hydrogen (secondary N) is 1. The molecule has 2 aromatic heterocycles. The van der Waals surface area contributed by atoms with Crippen LogP contribution in [-0.2, 0) is 6.54 Å².